The third-order valence-corrected chi connectivity index (χ3v) is 5.04. The van der Waals surface area contributed by atoms with Crippen molar-refractivity contribution >= 4 is 10.0 Å². The normalized spacial score (nSPS) is 20.8. The Bertz CT molecular complexity index is 455. The zero-order valence-corrected chi connectivity index (χ0v) is 11.1. The Morgan fingerprint density at radius 1 is 1.39 bits per heavy atom. The molecule has 1 aliphatic rings. The minimum absolute atomic E-state index is 0.288. The third-order valence-electron chi connectivity index (χ3n) is 3.16. The van der Waals surface area contributed by atoms with Crippen molar-refractivity contribution in [1.29, 1.82) is 0 Å². The maximum atomic E-state index is 12.0. The number of sulfonamides is 1. The molecule has 0 radical (unpaired) electrons. The van der Waals surface area contributed by atoms with Gasteiger partial charge >= 0.3 is 0 Å². The second-order valence-electron chi connectivity index (χ2n) is 4.51. The average molecular weight is 269 g/mol. The third kappa shape index (κ3) is 3.76. The smallest absolute Gasteiger partial charge is 0.215 e. The Labute approximate surface area is 108 Å². The number of rotatable bonds is 5. The van der Waals surface area contributed by atoms with Gasteiger partial charge in [-0.3, -0.25) is 4.98 Å². The standard InChI is InChI=1S/C12H19N3O2S/c16-18(17,12-2-1-6-14-10-12)15-9-5-11-3-7-13-8-4-11/h3-4,7-8,12,14-15H,1-2,5-6,9-10H2. The fraction of sp³-hybridized carbons (Fsp3) is 0.583. The van der Waals surface area contributed by atoms with Gasteiger partial charge in [0.25, 0.3) is 0 Å². The molecule has 18 heavy (non-hydrogen) atoms. The van der Waals surface area contributed by atoms with E-state index in [2.05, 4.69) is 15.0 Å². The largest absolute Gasteiger partial charge is 0.315 e. The lowest BCUT2D eigenvalue weighted by molar-refractivity contribution is 0.490. The van der Waals surface area contributed by atoms with Crippen LogP contribution in [0, 0.1) is 0 Å². The molecule has 1 aliphatic heterocycles. The molecule has 0 amide bonds. The fourth-order valence-corrected chi connectivity index (χ4v) is 3.53. The summed E-state index contributed by atoms with van der Waals surface area (Å²) in [6, 6.07) is 3.80. The van der Waals surface area contributed by atoms with Gasteiger partial charge in [-0.05, 0) is 43.5 Å². The van der Waals surface area contributed by atoms with Crippen LogP contribution in [0.1, 0.15) is 18.4 Å². The second kappa shape index (κ2) is 6.26. The van der Waals surface area contributed by atoms with Crippen LogP contribution >= 0.6 is 0 Å². The highest BCUT2D eigenvalue weighted by molar-refractivity contribution is 7.90. The summed E-state index contributed by atoms with van der Waals surface area (Å²) in [4.78, 5) is 3.93. The maximum Gasteiger partial charge on any atom is 0.215 e. The van der Waals surface area contributed by atoms with Gasteiger partial charge in [0.2, 0.25) is 10.0 Å². The topological polar surface area (TPSA) is 71.1 Å². The van der Waals surface area contributed by atoms with Crippen molar-refractivity contribution in [2.24, 2.45) is 0 Å². The van der Waals surface area contributed by atoms with Crippen LogP contribution in [0.4, 0.5) is 0 Å². The van der Waals surface area contributed by atoms with Crippen LogP contribution in [0.15, 0.2) is 24.5 Å². The van der Waals surface area contributed by atoms with Crippen LogP contribution < -0.4 is 10.0 Å². The molecule has 5 nitrogen and oxygen atoms in total. The van der Waals surface area contributed by atoms with Gasteiger partial charge in [-0.2, -0.15) is 0 Å². The molecule has 0 aliphatic carbocycles. The molecule has 2 heterocycles. The Morgan fingerprint density at radius 3 is 2.83 bits per heavy atom. The van der Waals surface area contributed by atoms with Gasteiger partial charge in [-0.15, -0.1) is 0 Å². The van der Waals surface area contributed by atoms with Crippen LogP contribution in [0.3, 0.4) is 0 Å². The summed E-state index contributed by atoms with van der Waals surface area (Å²) in [5, 5.41) is 2.83. The van der Waals surface area contributed by atoms with Crippen LogP contribution in [-0.4, -0.2) is 38.3 Å². The molecule has 1 saturated heterocycles. The summed E-state index contributed by atoms with van der Waals surface area (Å²) in [7, 11) is -3.18. The SMILES string of the molecule is O=S(=O)(NCCc1ccncc1)C1CCCNC1. The predicted octanol–water partition coefficient (Wildman–Crippen LogP) is 0.295. The van der Waals surface area contributed by atoms with E-state index in [4.69, 9.17) is 0 Å². The highest BCUT2D eigenvalue weighted by Crippen LogP contribution is 2.10. The minimum atomic E-state index is -3.18. The zero-order valence-electron chi connectivity index (χ0n) is 10.3. The van der Waals surface area contributed by atoms with Gasteiger partial charge in [0.15, 0.2) is 0 Å². The minimum Gasteiger partial charge on any atom is -0.315 e. The quantitative estimate of drug-likeness (QED) is 0.806. The Morgan fingerprint density at radius 2 is 2.17 bits per heavy atom. The second-order valence-corrected chi connectivity index (χ2v) is 6.56. The highest BCUT2D eigenvalue weighted by atomic mass is 32.2. The van der Waals surface area contributed by atoms with E-state index in [-0.39, 0.29) is 5.25 Å². The van der Waals surface area contributed by atoms with Crippen molar-refractivity contribution in [3.63, 3.8) is 0 Å². The lowest BCUT2D eigenvalue weighted by atomic mass is 10.2. The maximum absolute atomic E-state index is 12.0. The zero-order chi connectivity index (χ0) is 12.8. The monoisotopic (exact) mass is 269 g/mol. The van der Waals surface area contributed by atoms with Gasteiger partial charge in [0.05, 0.1) is 5.25 Å². The van der Waals surface area contributed by atoms with Crippen molar-refractivity contribution in [2.75, 3.05) is 19.6 Å². The number of hydrogen-bond donors (Lipinski definition) is 2. The molecular formula is C12H19N3O2S. The molecule has 1 unspecified atom stereocenters. The molecule has 0 saturated carbocycles. The summed E-state index contributed by atoms with van der Waals surface area (Å²) in [5.74, 6) is 0. The van der Waals surface area contributed by atoms with E-state index < -0.39 is 10.0 Å². The molecular weight excluding hydrogens is 250 g/mol. The van der Waals surface area contributed by atoms with Crippen molar-refractivity contribution in [3.05, 3.63) is 30.1 Å². The van der Waals surface area contributed by atoms with E-state index >= 15 is 0 Å². The first-order valence-corrected chi connectivity index (χ1v) is 7.81. The molecule has 0 spiro atoms. The number of nitrogens with one attached hydrogen (secondary N) is 2. The van der Waals surface area contributed by atoms with E-state index in [0.29, 0.717) is 19.5 Å². The average Bonchev–Trinajstić information content (AvgIpc) is 2.41. The van der Waals surface area contributed by atoms with Gasteiger partial charge < -0.3 is 5.32 Å². The number of piperidine rings is 1. The van der Waals surface area contributed by atoms with Crippen LogP contribution in [0.2, 0.25) is 0 Å². The summed E-state index contributed by atoms with van der Waals surface area (Å²) in [6.07, 6.45) is 5.80. The molecule has 0 bridgehead atoms. The van der Waals surface area contributed by atoms with Gasteiger partial charge in [0.1, 0.15) is 0 Å². The predicted molar refractivity (Wildman–Crippen MR) is 70.8 cm³/mol. The molecule has 2 rings (SSSR count). The van der Waals surface area contributed by atoms with E-state index in [0.717, 1.165) is 24.9 Å². The molecule has 1 fully saturated rings. The molecule has 6 heteroatoms. The summed E-state index contributed by atoms with van der Waals surface area (Å²) < 4.78 is 26.7. The number of nitrogens with zero attached hydrogens (tertiary/aromatic N) is 1. The van der Waals surface area contributed by atoms with E-state index in [1.54, 1.807) is 12.4 Å². The summed E-state index contributed by atoms with van der Waals surface area (Å²) in [5.41, 5.74) is 1.09. The highest BCUT2D eigenvalue weighted by Gasteiger charge is 2.26. The van der Waals surface area contributed by atoms with E-state index in [1.807, 2.05) is 12.1 Å². The first-order chi connectivity index (χ1) is 8.68. The van der Waals surface area contributed by atoms with Crippen LogP contribution in [-0.2, 0) is 16.4 Å². The molecule has 1 aromatic rings. The van der Waals surface area contributed by atoms with E-state index in [1.165, 1.54) is 0 Å². The van der Waals surface area contributed by atoms with Crippen molar-refractivity contribution in [1.82, 2.24) is 15.0 Å². The molecule has 0 aromatic carbocycles. The number of aromatic nitrogens is 1. The summed E-state index contributed by atoms with van der Waals surface area (Å²) in [6.45, 7) is 1.93. The Balaban J connectivity index is 1.82. The lowest BCUT2D eigenvalue weighted by Crippen LogP contribution is -2.44. The van der Waals surface area contributed by atoms with Crippen molar-refractivity contribution in [3.8, 4) is 0 Å². The molecule has 2 N–H and O–H groups in total. The number of hydrogen-bond acceptors (Lipinski definition) is 4. The molecule has 1 aromatic heterocycles. The van der Waals surface area contributed by atoms with Gasteiger partial charge in [0, 0.05) is 25.5 Å². The first kappa shape index (κ1) is 13.5. The summed E-state index contributed by atoms with van der Waals surface area (Å²) >= 11 is 0. The molecule has 1 atom stereocenters. The first-order valence-electron chi connectivity index (χ1n) is 6.26. The van der Waals surface area contributed by atoms with Gasteiger partial charge in [-0.25, -0.2) is 13.1 Å². The number of pyridine rings is 1. The fourth-order valence-electron chi connectivity index (χ4n) is 2.09. The molecule has 100 valence electrons. The lowest BCUT2D eigenvalue weighted by Gasteiger charge is -2.23. The van der Waals surface area contributed by atoms with Crippen LogP contribution in [0.25, 0.3) is 0 Å². The Hall–Kier alpha value is -0.980. The Kier molecular flexibility index (Phi) is 4.68. The van der Waals surface area contributed by atoms with Crippen molar-refractivity contribution in [2.45, 2.75) is 24.5 Å². The van der Waals surface area contributed by atoms with Crippen molar-refractivity contribution < 1.29 is 8.42 Å². The van der Waals surface area contributed by atoms with Gasteiger partial charge in [-0.1, -0.05) is 0 Å². The van der Waals surface area contributed by atoms with E-state index in [9.17, 15) is 8.42 Å². The van der Waals surface area contributed by atoms with Crippen LogP contribution in [0.5, 0.6) is 0 Å².